The van der Waals surface area contributed by atoms with Crippen LogP contribution in [0, 0.1) is 0 Å². The van der Waals surface area contributed by atoms with Gasteiger partial charge >= 0.3 is 0 Å². The third kappa shape index (κ3) is 6.38. The van der Waals surface area contributed by atoms with Gasteiger partial charge < -0.3 is 29.5 Å². The van der Waals surface area contributed by atoms with Crippen molar-refractivity contribution < 1.29 is 19.3 Å². The Morgan fingerprint density at radius 2 is 2.11 bits per heavy atom. The van der Waals surface area contributed by atoms with Crippen molar-refractivity contribution in [3.8, 4) is 11.5 Å². The Morgan fingerprint density at radius 3 is 2.75 bits per heavy atom. The number of piperidine rings is 1. The molecule has 0 aromatic heterocycles. The highest BCUT2D eigenvalue weighted by Crippen LogP contribution is 2.23. The standard InChI is InChI=1S/C20H31N3O4.HI/c1-21-20(22-13-15-12-17(25-2)5-6-19(15)24)23-9-7-16(8-10-23)27-14-18-4-3-11-26-18;/h5-6,12,16,18,24H,3-4,7-11,13-14H2,1-2H3,(H,21,22);1H. The van der Waals surface area contributed by atoms with E-state index >= 15 is 0 Å². The molecule has 0 spiro atoms. The van der Waals surface area contributed by atoms with Crippen LogP contribution in [0.4, 0.5) is 0 Å². The summed E-state index contributed by atoms with van der Waals surface area (Å²) in [5.41, 5.74) is 0.783. The van der Waals surface area contributed by atoms with E-state index in [0.29, 0.717) is 19.3 Å². The summed E-state index contributed by atoms with van der Waals surface area (Å²) in [5.74, 6) is 1.82. The van der Waals surface area contributed by atoms with E-state index in [1.807, 2.05) is 6.07 Å². The molecule has 2 fully saturated rings. The Bertz CT molecular complexity index is 630. The van der Waals surface area contributed by atoms with Gasteiger partial charge in [-0.3, -0.25) is 4.99 Å². The highest BCUT2D eigenvalue weighted by Gasteiger charge is 2.24. The molecule has 3 rings (SSSR count). The van der Waals surface area contributed by atoms with E-state index in [2.05, 4.69) is 15.2 Å². The van der Waals surface area contributed by atoms with E-state index < -0.39 is 0 Å². The average Bonchev–Trinajstić information content (AvgIpc) is 3.22. The SMILES string of the molecule is CN=C(NCc1cc(OC)ccc1O)N1CCC(OCC2CCCO2)CC1.I. The number of nitrogens with one attached hydrogen (secondary N) is 1. The predicted octanol–water partition coefficient (Wildman–Crippen LogP) is 2.75. The van der Waals surface area contributed by atoms with Crippen LogP contribution in [0.15, 0.2) is 23.2 Å². The number of likely N-dealkylation sites (tertiary alicyclic amines) is 1. The number of nitrogens with zero attached hydrogens (tertiary/aromatic N) is 2. The topological polar surface area (TPSA) is 75.6 Å². The lowest BCUT2D eigenvalue weighted by Gasteiger charge is -2.34. The zero-order chi connectivity index (χ0) is 19.1. The van der Waals surface area contributed by atoms with Crippen LogP contribution in [-0.4, -0.2) is 68.6 Å². The van der Waals surface area contributed by atoms with Gasteiger partial charge in [0.2, 0.25) is 0 Å². The minimum Gasteiger partial charge on any atom is -0.508 e. The van der Waals surface area contributed by atoms with Gasteiger partial charge in [0.05, 0.1) is 25.9 Å². The second kappa shape index (κ2) is 11.7. The van der Waals surface area contributed by atoms with Crippen LogP contribution < -0.4 is 10.1 Å². The third-order valence-electron chi connectivity index (χ3n) is 5.22. The minimum absolute atomic E-state index is 0. The van der Waals surface area contributed by atoms with Crippen LogP contribution in [0.3, 0.4) is 0 Å². The molecule has 0 radical (unpaired) electrons. The molecule has 2 aliphatic heterocycles. The van der Waals surface area contributed by atoms with Crippen molar-refractivity contribution in [3.63, 3.8) is 0 Å². The number of ether oxygens (including phenoxy) is 3. The van der Waals surface area contributed by atoms with Gasteiger partial charge in [-0.25, -0.2) is 0 Å². The van der Waals surface area contributed by atoms with Crippen LogP contribution in [0.2, 0.25) is 0 Å². The Labute approximate surface area is 184 Å². The normalized spacial score (nSPS) is 20.7. The molecule has 0 saturated carbocycles. The fourth-order valence-electron chi connectivity index (χ4n) is 3.59. The van der Waals surface area contributed by atoms with Crippen molar-refractivity contribution in [2.45, 2.75) is 44.4 Å². The van der Waals surface area contributed by atoms with E-state index in [9.17, 15) is 5.11 Å². The first-order chi connectivity index (χ1) is 13.2. The molecule has 1 unspecified atom stereocenters. The first-order valence-electron chi connectivity index (χ1n) is 9.74. The maximum atomic E-state index is 10.0. The Morgan fingerprint density at radius 1 is 1.32 bits per heavy atom. The molecule has 2 aliphatic rings. The lowest BCUT2D eigenvalue weighted by atomic mass is 10.1. The number of hydrogen-bond acceptors (Lipinski definition) is 5. The lowest BCUT2D eigenvalue weighted by Crippen LogP contribution is -2.47. The van der Waals surface area contributed by atoms with Gasteiger partial charge in [0, 0.05) is 38.9 Å². The van der Waals surface area contributed by atoms with E-state index in [-0.39, 0.29) is 35.8 Å². The van der Waals surface area contributed by atoms with Gasteiger partial charge in [-0.05, 0) is 43.9 Å². The number of phenols is 1. The predicted molar refractivity (Wildman–Crippen MR) is 120 cm³/mol. The molecule has 1 aromatic carbocycles. The third-order valence-corrected chi connectivity index (χ3v) is 5.22. The Kier molecular flexibility index (Phi) is 9.60. The van der Waals surface area contributed by atoms with E-state index in [1.165, 1.54) is 0 Å². The van der Waals surface area contributed by atoms with Crippen LogP contribution >= 0.6 is 24.0 Å². The lowest BCUT2D eigenvalue weighted by molar-refractivity contribution is -0.0367. The highest BCUT2D eigenvalue weighted by molar-refractivity contribution is 14.0. The summed E-state index contributed by atoms with van der Waals surface area (Å²) >= 11 is 0. The van der Waals surface area contributed by atoms with E-state index in [0.717, 1.165) is 62.7 Å². The molecule has 8 heteroatoms. The van der Waals surface area contributed by atoms with E-state index in [4.69, 9.17) is 14.2 Å². The molecule has 1 aromatic rings. The van der Waals surface area contributed by atoms with Crippen molar-refractivity contribution in [2.75, 3.05) is 40.5 Å². The largest absolute Gasteiger partial charge is 0.508 e. The van der Waals surface area contributed by atoms with Crippen molar-refractivity contribution in [1.29, 1.82) is 0 Å². The number of guanidine groups is 1. The quantitative estimate of drug-likeness (QED) is 0.352. The van der Waals surface area contributed by atoms with Gasteiger partial charge in [0.1, 0.15) is 11.5 Å². The van der Waals surface area contributed by atoms with Crippen LogP contribution in [0.25, 0.3) is 0 Å². The second-order valence-corrected chi connectivity index (χ2v) is 7.05. The molecule has 28 heavy (non-hydrogen) atoms. The molecule has 1 atom stereocenters. The van der Waals surface area contributed by atoms with Crippen molar-refractivity contribution >= 4 is 29.9 Å². The smallest absolute Gasteiger partial charge is 0.193 e. The maximum absolute atomic E-state index is 10.0. The summed E-state index contributed by atoms with van der Waals surface area (Å²) in [4.78, 5) is 6.63. The Balaban J connectivity index is 0.00000280. The van der Waals surface area contributed by atoms with Gasteiger partial charge in [0.25, 0.3) is 0 Å². The summed E-state index contributed by atoms with van der Waals surface area (Å²) in [6.45, 7) is 3.88. The van der Waals surface area contributed by atoms with Crippen LogP contribution in [0.1, 0.15) is 31.2 Å². The zero-order valence-corrected chi connectivity index (χ0v) is 19.1. The zero-order valence-electron chi connectivity index (χ0n) is 16.7. The van der Waals surface area contributed by atoms with Gasteiger partial charge in [0.15, 0.2) is 5.96 Å². The molecular weight excluding hydrogens is 473 g/mol. The molecule has 0 aliphatic carbocycles. The number of rotatable bonds is 6. The summed E-state index contributed by atoms with van der Waals surface area (Å²) < 4.78 is 16.9. The number of methoxy groups -OCH3 is 1. The monoisotopic (exact) mass is 505 g/mol. The van der Waals surface area contributed by atoms with Crippen molar-refractivity contribution in [1.82, 2.24) is 10.2 Å². The molecule has 158 valence electrons. The van der Waals surface area contributed by atoms with Gasteiger partial charge in [-0.2, -0.15) is 0 Å². The molecule has 0 bridgehead atoms. The number of halogens is 1. The molecule has 2 saturated heterocycles. The number of aromatic hydroxyl groups is 1. The Hall–Kier alpha value is -1.26. The summed E-state index contributed by atoms with van der Waals surface area (Å²) in [5, 5.41) is 13.4. The first kappa shape index (κ1) is 23.0. The van der Waals surface area contributed by atoms with Crippen molar-refractivity contribution in [3.05, 3.63) is 23.8 Å². The fourth-order valence-corrected chi connectivity index (χ4v) is 3.59. The summed E-state index contributed by atoms with van der Waals surface area (Å²) in [6, 6.07) is 5.23. The number of hydrogen-bond donors (Lipinski definition) is 2. The molecule has 2 heterocycles. The van der Waals surface area contributed by atoms with Crippen LogP contribution in [0.5, 0.6) is 11.5 Å². The van der Waals surface area contributed by atoms with E-state index in [1.54, 1.807) is 26.3 Å². The van der Waals surface area contributed by atoms with Crippen molar-refractivity contribution in [2.24, 2.45) is 4.99 Å². The number of benzene rings is 1. The second-order valence-electron chi connectivity index (χ2n) is 7.05. The highest BCUT2D eigenvalue weighted by atomic mass is 127. The fraction of sp³-hybridized carbons (Fsp3) is 0.650. The first-order valence-corrected chi connectivity index (χ1v) is 9.74. The maximum Gasteiger partial charge on any atom is 0.193 e. The number of phenolic OH excluding ortho intramolecular Hbond substituents is 1. The summed E-state index contributed by atoms with van der Waals surface area (Å²) in [6.07, 6.45) is 4.82. The molecule has 7 nitrogen and oxygen atoms in total. The van der Waals surface area contributed by atoms with Gasteiger partial charge in [-0.15, -0.1) is 24.0 Å². The van der Waals surface area contributed by atoms with Gasteiger partial charge in [-0.1, -0.05) is 0 Å². The average molecular weight is 505 g/mol. The molecule has 0 amide bonds. The number of aliphatic imine (C=N–C) groups is 1. The van der Waals surface area contributed by atoms with Crippen LogP contribution in [-0.2, 0) is 16.0 Å². The minimum atomic E-state index is 0. The molecule has 2 N–H and O–H groups in total. The summed E-state index contributed by atoms with van der Waals surface area (Å²) in [7, 11) is 3.40. The molecular formula is C20H32IN3O4.